The van der Waals surface area contributed by atoms with Gasteiger partial charge in [0.15, 0.2) is 0 Å². The zero-order valence-corrected chi connectivity index (χ0v) is 12.3. The highest BCUT2D eigenvalue weighted by Crippen LogP contribution is 2.28. The number of benzene rings is 1. The van der Waals surface area contributed by atoms with Crippen LogP contribution >= 0.6 is 39.9 Å². The smallest absolute Gasteiger partial charge is 0.0756 e. The minimum Gasteiger partial charge on any atom is -0.391 e. The monoisotopic (exact) mass is 327 g/mol. The quantitative estimate of drug-likeness (QED) is 0.891. The lowest BCUT2D eigenvalue weighted by molar-refractivity contribution is 0.0979. The van der Waals surface area contributed by atoms with Gasteiger partial charge in [0, 0.05) is 9.50 Å². The van der Waals surface area contributed by atoms with E-state index in [9.17, 15) is 5.11 Å². The van der Waals surface area contributed by atoms with E-state index >= 15 is 0 Å². The molecule has 0 radical (unpaired) electrons. The van der Waals surface area contributed by atoms with Crippen molar-refractivity contribution in [3.63, 3.8) is 0 Å². The lowest BCUT2D eigenvalue weighted by atomic mass is 9.94. The molecule has 0 heterocycles. The van der Waals surface area contributed by atoms with Gasteiger partial charge < -0.3 is 10.8 Å². The number of nitrogens with two attached hydrogens (primary N) is 1. The minimum atomic E-state index is -0.586. The molecule has 2 atom stereocenters. The second-order valence-corrected chi connectivity index (χ2v) is 5.25. The molecule has 0 aliphatic rings. The predicted octanol–water partition coefficient (Wildman–Crippen LogP) is 3.54. The Morgan fingerprint density at radius 2 is 1.94 bits per heavy atom. The zero-order chi connectivity index (χ0) is 11.6. The summed E-state index contributed by atoms with van der Waals surface area (Å²) in [6.45, 7) is 3.85. The van der Waals surface area contributed by atoms with Gasteiger partial charge in [-0.3, -0.25) is 0 Å². The number of hydrogen-bond acceptors (Lipinski definition) is 2. The van der Waals surface area contributed by atoms with E-state index in [2.05, 4.69) is 15.9 Å². The molecule has 0 fully saturated rings. The Morgan fingerprint density at radius 1 is 1.38 bits per heavy atom. The standard InChI is InChI=1S/C11H15BrClNO.ClH/c1-6(2)11(15)10(14)8-5-7(12)3-4-9(8)13;/h3-6,10-11,15H,14H2,1-2H3;1H/t10-,11+;/m0./s1. The third-order valence-corrected chi connectivity index (χ3v) is 3.21. The van der Waals surface area contributed by atoms with E-state index in [4.69, 9.17) is 17.3 Å². The van der Waals surface area contributed by atoms with Crippen LogP contribution in [0.25, 0.3) is 0 Å². The summed E-state index contributed by atoms with van der Waals surface area (Å²) in [6, 6.07) is 5.02. The summed E-state index contributed by atoms with van der Waals surface area (Å²) in [7, 11) is 0. The average molecular weight is 329 g/mol. The molecule has 0 spiro atoms. The van der Waals surface area contributed by atoms with E-state index in [1.807, 2.05) is 26.0 Å². The lowest BCUT2D eigenvalue weighted by Gasteiger charge is -2.23. The molecule has 0 bridgehead atoms. The van der Waals surface area contributed by atoms with Gasteiger partial charge in [0.2, 0.25) is 0 Å². The summed E-state index contributed by atoms with van der Waals surface area (Å²) in [6.07, 6.45) is -0.586. The Bertz CT molecular complexity index is 347. The molecule has 0 saturated carbocycles. The molecule has 0 saturated heterocycles. The van der Waals surface area contributed by atoms with E-state index in [0.29, 0.717) is 5.02 Å². The molecule has 0 aliphatic heterocycles. The van der Waals surface area contributed by atoms with Gasteiger partial charge >= 0.3 is 0 Å². The number of halogens is 3. The highest BCUT2D eigenvalue weighted by molar-refractivity contribution is 9.10. The van der Waals surface area contributed by atoms with Crippen molar-refractivity contribution in [2.45, 2.75) is 26.0 Å². The third-order valence-electron chi connectivity index (χ3n) is 2.37. The highest BCUT2D eigenvalue weighted by Gasteiger charge is 2.22. The van der Waals surface area contributed by atoms with Crippen LogP contribution in [0.15, 0.2) is 22.7 Å². The maximum absolute atomic E-state index is 9.86. The predicted molar refractivity (Wildman–Crippen MR) is 74.2 cm³/mol. The number of aliphatic hydroxyl groups excluding tert-OH is 1. The molecule has 92 valence electrons. The summed E-state index contributed by atoms with van der Waals surface area (Å²) in [5.74, 6) is 0.107. The molecule has 3 N–H and O–H groups in total. The van der Waals surface area contributed by atoms with Crippen LogP contribution in [0.2, 0.25) is 5.02 Å². The zero-order valence-electron chi connectivity index (χ0n) is 9.15. The fourth-order valence-corrected chi connectivity index (χ4v) is 1.99. The Kier molecular flexibility index (Phi) is 6.90. The Hall–Kier alpha value is 0.200. The van der Waals surface area contributed by atoms with Crippen LogP contribution in [0.5, 0.6) is 0 Å². The Balaban J connectivity index is 0.00000225. The largest absolute Gasteiger partial charge is 0.391 e. The molecule has 16 heavy (non-hydrogen) atoms. The summed E-state index contributed by atoms with van der Waals surface area (Å²) < 4.78 is 0.910. The van der Waals surface area contributed by atoms with Crippen LogP contribution in [-0.4, -0.2) is 11.2 Å². The van der Waals surface area contributed by atoms with Crippen molar-refractivity contribution in [3.8, 4) is 0 Å². The van der Waals surface area contributed by atoms with Gasteiger partial charge in [0.25, 0.3) is 0 Å². The first kappa shape index (κ1) is 16.2. The summed E-state index contributed by atoms with van der Waals surface area (Å²) in [5.41, 5.74) is 6.72. The van der Waals surface area contributed by atoms with Gasteiger partial charge in [0.05, 0.1) is 12.1 Å². The van der Waals surface area contributed by atoms with Crippen molar-refractivity contribution in [1.82, 2.24) is 0 Å². The highest BCUT2D eigenvalue weighted by atomic mass is 79.9. The summed E-state index contributed by atoms with van der Waals surface area (Å²) >= 11 is 9.38. The van der Waals surface area contributed by atoms with Crippen molar-refractivity contribution >= 4 is 39.9 Å². The van der Waals surface area contributed by atoms with Crippen LogP contribution in [0, 0.1) is 5.92 Å². The molecule has 0 unspecified atom stereocenters. The van der Waals surface area contributed by atoms with E-state index in [1.165, 1.54) is 0 Å². The summed E-state index contributed by atoms with van der Waals surface area (Å²) in [4.78, 5) is 0. The first-order valence-electron chi connectivity index (χ1n) is 4.82. The SMILES string of the molecule is CC(C)[C@@H](O)[C@@H](N)c1cc(Br)ccc1Cl.Cl. The van der Waals surface area contributed by atoms with Gasteiger partial charge in [-0.1, -0.05) is 41.4 Å². The first-order valence-corrected chi connectivity index (χ1v) is 5.99. The fraction of sp³-hybridized carbons (Fsp3) is 0.455. The molecule has 5 heteroatoms. The van der Waals surface area contributed by atoms with E-state index < -0.39 is 12.1 Å². The number of rotatable bonds is 3. The second-order valence-electron chi connectivity index (χ2n) is 3.93. The fourth-order valence-electron chi connectivity index (χ4n) is 1.37. The van der Waals surface area contributed by atoms with E-state index in [-0.39, 0.29) is 18.3 Å². The molecule has 0 amide bonds. The minimum absolute atomic E-state index is 0. The van der Waals surface area contributed by atoms with E-state index in [1.54, 1.807) is 6.07 Å². The Morgan fingerprint density at radius 3 is 2.44 bits per heavy atom. The van der Waals surface area contributed by atoms with Crippen molar-refractivity contribution in [1.29, 1.82) is 0 Å². The second kappa shape index (κ2) is 6.82. The van der Waals surface area contributed by atoms with Gasteiger partial charge in [-0.15, -0.1) is 12.4 Å². The van der Waals surface area contributed by atoms with Crippen LogP contribution in [-0.2, 0) is 0 Å². The van der Waals surface area contributed by atoms with Crippen molar-refractivity contribution in [2.75, 3.05) is 0 Å². The van der Waals surface area contributed by atoms with Crippen LogP contribution in [0.1, 0.15) is 25.5 Å². The molecule has 1 aromatic carbocycles. The maximum atomic E-state index is 9.86. The first-order chi connectivity index (χ1) is 6.93. The van der Waals surface area contributed by atoms with Gasteiger partial charge in [-0.2, -0.15) is 0 Å². The molecule has 0 aromatic heterocycles. The topological polar surface area (TPSA) is 46.2 Å². The number of hydrogen-bond donors (Lipinski definition) is 2. The third kappa shape index (κ3) is 3.90. The molecule has 1 aromatic rings. The van der Waals surface area contributed by atoms with Crippen molar-refractivity contribution < 1.29 is 5.11 Å². The summed E-state index contributed by atoms with van der Waals surface area (Å²) in [5, 5.41) is 10.5. The van der Waals surface area contributed by atoms with Crippen molar-refractivity contribution in [2.24, 2.45) is 11.7 Å². The van der Waals surface area contributed by atoms with Gasteiger partial charge in [-0.25, -0.2) is 0 Å². The van der Waals surface area contributed by atoms with Crippen LogP contribution in [0.4, 0.5) is 0 Å². The van der Waals surface area contributed by atoms with E-state index in [0.717, 1.165) is 10.0 Å². The number of aliphatic hydroxyl groups is 1. The molecule has 1 rings (SSSR count). The molecule has 0 aliphatic carbocycles. The Labute approximate surface area is 116 Å². The van der Waals surface area contributed by atoms with Crippen LogP contribution < -0.4 is 5.73 Å². The molecular formula is C11H16BrCl2NO. The van der Waals surface area contributed by atoms with Crippen molar-refractivity contribution in [3.05, 3.63) is 33.3 Å². The van der Waals surface area contributed by atoms with Gasteiger partial charge in [0.1, 0.15) is 0 Å². The molecule has 2 nitrogen and oxygen atoms in total. The average Bonchev–Trinajstić information content (AvgIpc) is 2.19. The lowest BCUT2D eigenvalue weighted by Crippen LogP contribution is -2.30. The van der Waals surface area contributed by atoms with Gasteiger partial charge in [-0.05, 0) is 29.7 Å². The maximum Gasteiger partial charge on any atom is 0.0756 e. The molecular weight excluding hydrogens is 313 g/mol. The van der Waals surface area contributed by atoms with Crippen LogP contribution in [0.3, 0.4) is 0 Å². The normalized spacial score (nSPS) is 14.4.